The Kier molecular flexibility index (Phi) is 2.47. The molecule has 1 N–H and O–H groups in total. The van der Waals surface area contributed by atoms with E-state index in [9.17, 15) is 14.7 Å². The van der Waals surface area contributed by atoms with Gasteiger partial charge in [-0.3, -0.25) is 4.79 Å². The molecule has 68 valence electrons. The lowest BCUT2D eigenvalue weighted by Gasteiger charge is -2.17. The van der Waals surface area contributed by atoms with Gasteiger partial charge in [-0.15, -0.1) is 0 Å². The Morgan fingerprint density at radius 1 is 1.83 bits per heavy atom. The molecule has 4 nitrogen and oxygen atoms in total. The minimum absolute atomic E-state index is 0.189. The minimum atomic E-state index is -1.84. The molecule has 0 heterocycles. The third-order valence-electron chi connectivity index (χ3n) is 2.02. The van der Waals surface area contributed by atoms with Crippen molar-refractivity contribution in [2.45, 2.75) is 31.8 Å². The maximum absolute atomic E-state index is 11.1. The number of hydrogen-bond acceptors (Lipinski definition) is 4. The van der Waals surface area contributed by atoms with E-state index in [-0.39, 0.29) is 19.4 Å². The molecule has 0 spiro atoms. The molecule has 0 bridgehead atoms. The maximum Gasteiger partial charge on any atom is 0.345 e. The molecule has 12 heavy (non-hydrogen) atoms. The van der Waals surface area contributed by atoms with Crippen molar-refractivity contribution in [2.24, 2.45) is 0 Å². The van der Waals surface area contributed by atoms with Crippen LogP contribution in [0.4, 0.5) is 0 Å². The largest absolute Gasteiger partial charge is 0.464 e. The molecule has 0 saturated heterocycles. The van der Waals surface area contributed by atoms with Gasteiger partial charge in [-0.05, 0) is 19.8 Å². The molecule has 1 aliphatic carbocycles. The van der Waals surface area contributed by atoms with Gasteiger partial charge in [0.1, 0.15) is 0 Å². The molecule has 0 aromatic rings. The van der Waals surface area contributed by atoms with Crippen molar-refractivity contribution in [3.63, 3.8) is 0 Å². The van der Waals surface area contributed by atoms with E-state index in [1.54, 1.807) is 6.92 Å². The summed E-state index contributed by atoms with van der Waals surface area (Å²) in [6, 6.07) is 0. The smallest absolute Gasteiger partial charge is 0.345 e. The molecule has 0 radical (unpaired) electrons. The first kappa shape index (κ1) is 9.19. The summed E-state index contributed by atoms with van der Waals surface area (Å²) >= 11 is 0. The zero-order chi connectivity index (χ0) is 9.19. The fourth-order valence-corrected chi connectivity index (χ4v) is 1.32. The summed E-state index contributed by atoms with van der Waals surface area (Å²) in [6.07, 6.45) is 1.04. The van der Waals surface area contributed by atoms with Crippen LogP contribution in [-0.2, 0) is 14.3 Å². The summed E-state index contributed by atoms with van der Waals surface area (Å²) in [5.74, 6) is -1.21. The van der Waals surface area contributed by atoms with E-state index in [0.29, 0.717) is 6.42 Å². The fourth-order valence-electron chi connectivity index (χ4n) is 1.32. The van der Waals surface area contributed by atoms with Crippen LogP contribution in [0, 0.1) is 0 Å². The number of Topliss-reactive ketones (excluding diaryl/α,β-unsaturated/α-hetero) is 1. The first-order valence-corrected chi connectivity index (χ1v) is 4.04. The molecular weight excluding hydrogens is 162 g/mol. The highest BCUT2D eigenvalue weighted by Gasteiger charge is 2.48. The lowest BCUT2D eigenvalue weighted by atomic mass is 10.0. The average Bonchev–Trinajstić information content (AvgIpc) is 2.34. The Morgan fingerprint density at radius 3 is 2.92 bits per heavy atom. The van der Waals surface area contributed by atoms with Gasteiger partial charge in [0.2, 0.25) is 5.60 Å². The monoisotopic (exact) mass is 174 g/mol. The van der Waals surface area contributed by atoms with E-state index in [0.717, 1.165) is 0 Å². The highest BCUT2D eigenvalue weighted by atomic mass is 18.1. The molecule has 1 atom stereocenters. The topological polar surface area (TPSA) is 63.6 Å². The molecule has 1 rings (SSSR count). The van der Waals surface area contributed by atoms with Gasteiger partial charge >= 0.3 is 5.97 Å². The normalized spacial score (nSPS) is 29.0. The molecule has 0 aromatic heterocycles. The number of carbonyl (C=O) groups is 2. The lowest BCUT2D eigenvalue weighted by molar-refractivity contribution is -0.168. The second-order valence-corrected chi connectivity index (χ2v) is 2.86. The standard InChI is InChI=1S/C8H12O4/c1-2-12-7(10)8(11)5-3-4-6(8)9/h11H,2-5H2,1H3/i9+2. The Labute approximate surface area is 70.5 Å². The summed E-state index contributed by atoms with van der Waals surface area (Å²) in [5, 5.41) is 9.54. The number of ether oxygens (including phenoxy) is 1. The molecule has 1 fully saturated rings. The molecule has 1 unspecified atom stereocenters. The number of ketones is 1. The third-order valence-corrected chi connectivity index (χ3v) is 2.02. The van der Waals surface area contributed by atoms with Crippen molar-refractivity contribution in [3.05, 3.63) is 0 Å². The van der Waals surface area contributed by atoms with Crippen LogP contribution in [0.2, 0.25) is 0 Å². The van der Waals surface area contributed by atoms with E-state index in [2.05, 4.69) is 4.74 Å². The van der Waals surface area contributed by atoms with Crippen LogP contribution >= 0.6 is 0 Å². The molecule has 4 heteroatoms. The first-order valence-electron chi connectivity index (χ1n) is 4.04. The molecule has 0 aliphatic heterocycles. The fraction of sp³-hybridized carbons (Fsp3) is 0.750. The van der Waals surface area contributed by atoms with E-state index < -0.39 is 17.4 Å². The molecule has 0 aromatic carbocycles. The van der Waals surface area contributed by atoms with Crippen molar-refractivity contribution in [1.29, 1.82) is 0 Å². The predicted molar refractivity (Wildman–Crippen MR) is 40.4 cm³/mol. The Bertz CT molecular complexity index is 211. The highest BCUT2D eigenvalue weighted by Crippen LogP contribution is 2.27. The second kappa shape index (κ2) is 3.23. The van der Waals surface area contributed by atoms with Gasteiger partial charge in [-0.2, -0.15) is 0 Å². The van der Waals surface area contributed by atoms with Crippen molar-refractivity contribution < 1.29 is 19.4 Å². The molecular formula is C8H12O4. The van der Waals surface area contributed by atoms with Crippen molar-refractivity contribution >= 4 is 11.8 Å². The van der Waals surface area contributed by atoms with Crippen molar-refractivity contribution in [1.82, 2.24) is 0 Å². The van der Waals surface area contributed by atoms with Gasteiger partial charge in [0, 0.05) is 6.42 Å². The highest BCUT2D eigenvalue weighted by molar-refractivity contribution is 6.08. The summed E-state index contributed by atoms with van der Waals surface area (Å²) in [4.78, 5) is 22.1. The van der Waals surface area contributed by atoms with Crippen LogP contribution in [0.15, 0.2) is 0 Å². The van der Waals surface area contributed by atoms with Gasteiger partial charge in [0.05, 0.1) is 6.61 Å². The maximum atomic E-state index is 11.1. The van der Waals surface area contributed by atoms with Crippen LogP contribution in [-0.4, -0.2) is 29.1 Å². The first-order chi connectivity index (χ1) is 5.61. The average molecular weight is 174 g/mol. The number of hydrogen-bond donors (Lipinski definition) is 1. The van der Waals surface area contributed by atoms with Crippen molar-refractivity contribution in [3.8, 4) is 0 Å². The van der Waals surface area contributed by atoms with E-state index in [4.69, 9.17) is 0 Å². The Hall–Kier alpha value is -0.900. The molecule has 0 amide bonds. The summed E-state index contributed by atoms with van der Waals surface area (Å²) in [5.41, 5.74) is -1.84. The van der Waals surface area contributed by atoms with E-state index in [1.165, 1.54) is 0 Å². The van der Waals surface area contributed by atoms with Gasteiger partial charge < -0.3 is 9.84 Å². The van der Waals surface area contributed by atoms with Crippen LogP contribution in [0.3, 0.4) is 0 Å². The number of aliphatic hydroxyl groups is 1. The van der Waals surface area contributed by atoms with Crippen LogP contribution in [0.1, 0.15) is 26.2 Å². The Morgan fingerprint density at radius 2 is 2.50 bits per heavy atom. The van der Waals surface area contributed by atoms with Gasteiger partial charge in [0.15, 0.2) is 5.78 Å². The van der Waals surface area contributed by atoms with Gasteiger partial charge in [-0.25, -0.2) is 4.79 Å². The van der Waals surface area contributed by atoms with E-state index >= 15 is 0 Å². The van der Waals surface area contributed by atoms with Gasteiger partial charge in [-0.1, -0.05) is 0 Å². The van der Waals surface area contributed by atoms with Crippen LogP contribution in [0.25, 0.3) is 0 Å². The SMILES string of the molecule is CCOC(=O)C1(O)CCCC1=[18O]. The molecule has 1 saturated carbocycles. The third kappa shape index (κ3) is 1.34. The number of esters is 1. The summed E-state index contributed by atoms with van der Waals surface area (Å²) in [6.45, 7) is 1.83. The zero-order valence-electron chi connectivity index (χ0n) is 7.00. The number of rotatable bonds is 2. The van der Waals surface area contributed by atoms with Crippen molar-refractivity contribution in [2.75, 3.05) is 6.61 Å². The predicted octanol–water partition coefficient (Wildman–Crippen LogP) is 0.0336. The number of carbonyl (C=O) groups excluding carboxylic acids is 2. The summed E-state index contributed by atoms with van der Waals surface area (Å²) < 4.78 is 4.59. The van der Waals surface area contributed by atoms with Gasteiger partial charge in [0.25, 0.3) is 0 Å². The lowest BCUT2D eigenvalue weighted by Crippen LogP contribution is -2.43. The summed E-state index contributed by atoms with van der Waals surface area (Å²) in [7, 11) is 0. The van der Waals surface area contributed by atoms with E-state index in [1.807, 2.05) is 0 Å². The zero-order valence-corrected chi connectivity index (χ0v) is 7.00. The molecule has 1 aliphatic rings. The van der Waals surface area contributed by atoms with Crippen LogP contribution < -0.4 is 0 Å². The van der Waals surface area contributed by atoms with Crippen LogP contribution in [0.5, 0.6) is 0 Å². The minimum Gasteiger partial charge on any atom is -0.464 e. The second-order valence-electron chi connectivity index (χ2n) is 2.86. The Balaban J connectivity index is 2.70. The quantitative estimate of drug-likeness (QED) is 0.364.